The number of aryl methyl sites for hydroxylation is 1. The fraction of sp³-hybridized carbons (Fsp3) is 0.333. The average molecular weight is 669 g/mol. The van der Waals surface area contributed by atoms with Crippen LogP contribution < -0.4 is 19.1 Å². The quantitative estimate of drug-likeness (QED) is 0.367. The van der Waals surface area contributed by atoms with Gasteiger partial charge >= 0.3 is 12.3 Å². The molecule has 1 saturated heterocycles. The molecule has 1 fully saturated rings. The van der Waals surface area contributed by atoms with Gasteiger partial charge in [0.25, 0.3) is 15.9 Å². The van der Waals surface area contributed by atoms with Crippen molar-refractivity contribution < 1.29 is 50.2 Å². The lowest BCUT2D eigenvalue weighted by Gasteiger charge is -2.48. The van der Waals surface area contributed by atoms with E-state index in [0.717, 1.165) is 24.3 Å². The summed E-state index contributed by atoms with van der Waals surface area (Å²) in [6.07, 6.45) is -6.09. The van der Waals surface area contributed by atoms with Gasteiger partial charge in [-0.25, -0.2) is 8.42 Å². The Labute approximate surface area is 262 Å². The molecule has 2 unspecified atom stereocenters. The van der Waals surface area contributed by atoms with Crippen molar-refractivity contribution in [3.05, 3.63) is 82.4 Å². The first-order valence-corrected chi connectivity index (χ1v) is 15.5. The Morgan fingerprint density at radius 3 is 2.38 bits per heavy atom. The number of nitrogens with one attached hydrogen (secondary N) is 1. The molecular formula is C30H30ClF3N3O7S+. The number of likely N-dealkylation sites (tertiary alicyclic amines) is 1. The maximum Gasteiger partial charge on any atom is 0.573 e. The first-order chi connectivity index (χ1) is 21.0. The SMILES string of the molecule is CNC(=O)[C@@H]1C[C@@H](O)C[N+]1(C)C1(c2cc(C)ccc2OC)C(=O)N(S(=O)(=O)c2ccc(OC(F)(F)F)cc2)c2ccc(Cl)cc21. The Balaban J connectivity index is 1.84. The second-order valence-corrected chi connectivity index (χ2v) is 13.4. The van der Waals surface area contributed by atoms with Gasteiger partial charge in [-0.1, -0.05) is 23.2 Å². The molecule has 0 aliphatic carbocycles. The van der Waals surface area contributed by atoms with Crippen molar-refractivity contribution in [3.8, 4) is 11.5 Å². The Morgan fingerprint density at radius 2 is 1.78 bits per heavy atom. The van der Waals surface area contributed by atoms with Crippen LogP contribution in [-0.2, 0) is 25.2 Å². The number of rotatable bonds is 7. The number of benzene rings is 3. The van der Waals surface area contributed by atoms with Gasteiger partial charge in [0.15, 0.2) is 6.04 Å². The van der Waals surface area contributed by atoms with Crippen LogP contribution in [0.3, 0.4) is 0 Å². The van der Waals surface area contributed by atoms with Crippen molar-refractivity contribution in [2.24, 2.45) is 0 Å². The number of likely N-dealkylation sites (N-methyl/N-ethyl adjacent to an activating group) is 2. The lowest BCUT2D eigenvalue weighted by molar-refractivity contribution is -0.953. The highest BCUT2D eigenvalue weighted by atomic mass is 35.5. The minimum atomic E-state index is -5.00. The van der Waals surface area contributed by atoms with Crippen molar-refractivity contribution in [1.82, 2.24) is 5.32 Å². The van der Waals surface area contributed by atoms with Gasteiger partial charge in [0.1, 0.15) is 24.1 Å². The monoisotopic (exact) mass is 668 g/mol. The molecule has 0 radical (unpaired) electrons. The number of hydrogen-bond acceptors (Lipinski definition) is 7. The second kappa shape index (κ2) is 11.2. The predicted octanol–water partition coefficient (Wildman–Crippen LogP) is 3.86. The Bertz CT molecular complexity index is 1790. The van der Waals surface area contributed by atoms with Crippen LogP contribution >= 0.6 is 11.6 Å². The number of halogens is 4. The van der Waals surface area contributed by atoms with Crippen LogP contribution in [0.1, 0.15) is 23.1 Å². The summed E-state index contributed by atoms with van der Waals surface area (Å²) in [7, 11) is -0.408. The van der Waals surface area contributed by atoms with Gasteiger partial charge < -0.3 is 19.9 Å². The highest BCUT2D eigenvalue weighted by Crippen LogP contribution is 2.58. The minimum absolute atomic E-state index is 0.0390. The third kappa shape index (κ3) is 5.09. The van der Waals surface area contributed by atoms with E-state index in [1.807, 2.05) is 0 Å². The summed E-state index contributed by atoms with van der Waals surface area (Å²) >= 11 is 6.49. The van der Waals surface area contributed by atoms with E-state index in [1.54, 1.807) is 32.2 Å². The Hall–Kier alpha value is -3.85. The van der Waals surface area contributed by atoms with Gasteiger partial charge in [0.05, 0.1) is 35.9 Å². The van der Waals surface area contributed by atoms with E-state index in [2.05, 4.69) is 10.1 Å². The van der Waals surface area contributed by atoms with E-state index < -0.39 is 61.0 Å². The van der Waals surface area contributed by atoms with E-state index in [9.17, 15) is 31.5 Å². The summed E-state index contributed by atoms with van der Waals surface area (Å²) in [4.78, 5) is 28.2. The molecule has 2 amide bonds. The summed E-state index contributed by atoms with van der Waals surface area (Å²) in [5, 5.41) is 13.7. The summed E-state index contributed by atoms with van der Waals surface area (Å²) in [5.41, 5.74) is -1.05. The van der Waals surface area contributed by atoms with E-state index >= 15 is 4.79 Å². The fourth-order valence-electron chi connectivity index (χ4n) is 6.67. The van der Waals surface area contributed by atoms with Crippen LogP contribution in [0.2, 0.25) is 5.02 Å². The van der Waals surface area contributed by atoms with Gasteiger partial charge in [-0.05, 0) is 61.5 Å². The maximum atomic E-state index is 15.3. The molecule has 3 aromatic carbocycles. The van der Waals surface area contributed by atoms with E-state index in [-0.39, 0.29) is 40.6 Å². The van der Waals surface area contributed by atoms with Crippen molar-refractivity contribution in [2.75, 3.05) is 32.1 Å². The van der Waals surface area contributed by atoms with Crippen LogP contribution in [-0.4, -0.2) is 76.1 Å². The molecule has 0 aromatic heterocycles. The molecule has 0 saturated carbocycles. The highest BCUT2D eigenvalue weighted by Gasteiger charge is 2.72. The number of fused-ring (bicyclic) bond motifs is 1. The molecule has 2 aliphatic heterocycles. The number of sulfonamides is 1. The highest BCUT2D eigenvalue weighted by molar-refractivity contribution is 7.93. The summed E-state index contributed by atoms with van der Waals surface area (Å²) in [6.45, 7) is 1.63. The van der Waals surface area contributed by atoms with Crippen molar-refractivity contribution in [1.29, 1.82) is 0 Å². The van der Waals surface area contributed by atoms with Crippen LogP contribution in [0.15, 0.2) is 65.6 Å². The van der Waals surface area contributed by atoms with E-state index in [1.165, 1.54) is 32.4 Å². The van der Waals surface area contributed by atoms with Gasteiger partial charge in [-0.2, -0.15) is 4.31 Å². The van der Waals surface area contributed by atoms with Gasteiger partial charge in [0.2, 0.25) is 5.54 Å². The molecule has 4 atom stereocenters. The lowest BCUT2D eigenvalue weighted by Crippen LogP contribution is -2.69. The number of methoxy groups -OCH3 is 1. The molecule has 240 valence electrons. The minimum Gasteiger partial charge on any atom is -0.496 e. The van der Waals surface area contributed by atoms with E-state index in [0.29, 0.717) is 9.87 Å². The second-order valence-electron chi connectivity index (χ2n) is 11.1. The Morgan fingerprint density at radius 1 is 1.11 bits per heavy atom. The standard InChI is InChI=1S/C30H29ClF3N3O7S/c1-17-5-12-26(43-4)23(13-17)29(37(3)16-19(38)15-25(37)27(39)35-2)22-14-18(31)6-11-24(22)36(28(29)40)45(41,42)21-9-7-20(8-10-21)44-30(32,33)34/h5-14,19,25,38H,15-16H2,1-4H3/p+1/t19-,25+,29?,37?/m1/s1. The molecule has 0 spiro atoms. The predicted molar refractivity (Wildman–Crippen MR) is 157 cm³/mol. The Kier molecular flexibility index (Phi) is 8.09. The average Bonchev–Trinajstić information content (AvgIpc) is 3.42. The molecule has 10 nitrogen and oxygen atoms in total. The van der Waals surface area contributed by atoms with Crippen molar-refractivity contribution in [3.63, 3.8) is 0 Å². The number of aliphatic hydroxyl groups is 1. The zero-order valence-electron chi connectivity index (χ0n) is 24.6. The summed E-state index contributed by atoms with van der Waals surface area (Å²) in [5.74, 6) is -1.93. The zero-order chi connectivity index (χ0) is 33.1. The number of nitrogens with zero attached hydrogens (tertiary/aromatic N) is 2. The van der Waals surface area contributed by atoms with E-state index in [4.69, 9.17) is 16.3 Å². The number of anilines is 1. The first-order valence-electron chi connectivity index (χ1n) is 13.7. The number of carbonyl (C=O) groups excluding carboxylic acids is 2. The molecule has 5 rings (SSSR count). The maximum absolute atomic E-state index is 15.3. The molecule has 45 heavy (non-hydrogen) atoms. The number of amides is 2. The number of alkyl halides is 3. The molecule has 2 heterocycles. The molecule has 2 aliphatic rings. The lowest BCUT2D eigenvalue weighted by atomic mass is 9.78. The fourth-order valence-corrected chi connectivity index (χ4v) is 8.30. The normalized spacial score (nSPS) is 24.8. The number of ether oxygens (including phenoxy) is 2. The third-order valence-electron chi connectivity index (χ3n) is 8.49. The van der Waals surface area contributed by atoms with Crippen molar-refractivity contribution in [2.45, 2.75) is 42.3 Å². The van der Waals surface area contributed by atoms with Crippen LogP contribution in [0.25, 0.3) is 0 Å². The summed E-state index contributed by atoms with van der Waals surface area (Å²) in [6, 6.07) is 11.6. The molecule has 0 bridgehead atoms. The molecule has 2 N–H and O–H groups in total. The zero-order valence-corrected chi connectivity index (χ0v) is 26.1. The molecule has 15 heteroatoms. The topological polar surface area (TPSA) is 122 Å². The van der Waals surface area contributed by atoms with Gasteiger partial charge in [0, 0.05) is 18.5 Å². The molecular weight excluding hydrogens is 639 g/mol. The number of hydrogen-bond donors (Lipinski definition) is 2. The third-order valence-corrected chi connectivity index (χ3v) is 10.4. The first kappa shape index (κ1) is 32.5. The van der Waals surface area contributed by atoms with Crippen LogP contribution in [0.4, 0.5) is 18.9 Å². The molecule has 3 aromatic rings. The largest absolute Gasteiger partial charge is 0.573 e. The van der Waals surface area contributed by atoms with Crippen LogP contribution in [0, 0.1) is 6.92 Å². The van der Waals surface area contributed by atoms with Crippen molar-refractivity contribution >= 4 is 39.1 Å². The summed E-state index contributed by atoms with van der Waals surface area (Å²) < 4.78 is 76.7. The number of carbonyl (C=O) groups is 2. The smallest absolute Gasteiger partial charge is 0.496 e. The number of aliphatic hydroxyl groups excluding tert-OH is 1. The van der Waals surface area contributed by atoms with Gasteiger partial charge in [-0.15, -0.1) is 13.2 Å². The van der Waals surface area contributed by atoms with Gasteiger partial charge in [-0.3, -0.25) is 14.1 Å². The number of quaternary nitrogens is 1. The van der Waals surface area contributed by atoms with Crippen LogP contribution in [0.5, 0.6) is 11.5 Å².